The summed E-state index contributed by atoms with van der Waals surface area (Å²) in [6, 6.07) is 7.85. The number of benzene rings is 1. The van der Waals surface area contributed by atoms with Crippen LogP contribution < -0.4 is 0 Å². The van der Waals surface area contributed by atoms with Gasteiger partial charge in [0.05, 0.1) is 11.2 Å². The van der Waals surface area contributed by atoms with E-state index in [1.54, 1.807) is 4.68 Å². The fourth-order valence-electron chi connectivity index (χ4n) is 2.81. The number of hydrogen-bond donors (Lipinski definition) is 0. The van der Waals surface area contributed by atoms with Crippen molar-refractivity contribution in [3.63, 3.8) is 0 Å². The second-order valence-electron chi connectivity index (χ2n) is 4.77. The zero-order valence-electron chi connectivity index (χ0n) is 9.88. The van der Waals surface area contributed by atoms with Gasteiger partial charge in [0, 0.05) is 18.1 Å². The van der Waals surface area contributed by atoms with Crippen LogP contribution in [0.3, 0.4) is 0 Å². The van der Waals surface area contributed by atoms with Crippen LogP contribution in [-0.2, 0) is 0 Å². The minimum absolute atomic E-state index is 0.334. The standard InChI is InChI=1S/C13H13FN4/c14-17-9-16-7-3-6-12(16)13(17)18-8-10-4-1-2-5-11(10)15-18/h1-2,4-5,8H,3,6-7,9H2. The monoisotopic (exact) mass is 244 g/mol. The summed E-state index contributed by atoms with van der Waals surface area (Å²) in [6.45, 7) is 1.28. The van der Waals surface area contributed by atoms with Gasteiger partial charge in [-0.05, 0) is 18.9 Å². The van der Waals surface area contributed by atoms with Crippen molar-refractivity contribution in [2.45, 2.75) is 12.8 Å². The molecule has 3 heterocycles. The minimum atomic E-state index is 0.334. The molecule has 2 aliphatic rings. The lowest BCUT2D eigenvalue weighted by Crippen LogP contribution is -2.21. The number of fused-ring (bicyclic) bond motifs is 2. The van der Waals surface area contributed by atoms with Crippen molar-refractivity contribution in [2.75, 3.05) is 13.2 Å². The van der Waals surface area contributed by atoms with Gasteiger partial charge in [-0.25, -0.2) is 4.68 Å². The van der Waals surface area contributed by atoms with Gasteiger partial charge in [0.1, 0.15) is 6.67 Å². The summed E-state index contributed by atoms with van der Waals surface area (Å²) in [7, 11) is 0. The van der Waals surface area contributed by atoms with E-state index in [1.807, 2.05) is 30.5 Å². The Bertz CT molecular complexity index is 612. The van der Waals surface area contributed by atoms with Crippen LogP contribution in [-0.4, -0.2) is 33.0 Å². The van der Waals surface area contributed by atoms with Crippen LogP contribution in [0.15, 0.2) is 36.2 Å². The average molecular weight is 244 g/mol. The first-order valence-corrected chi connectivity index (χ1v) is 6.19. The third-order valence-electron chi connectivity index (χ3n) is 3.64. The molecular weight excluding hydrogens is 231 g/mol. The smallest absolute Gasteiger partial charge is 0.180 e. The molecule has 1 saturated heterocycles. The van der Waals surface area contributed by atoms with Crippen molar-refractivity contribution >= 4 is 16.7 Å². The Hall–Kier alpha value is -2.04. The van der Waals surface area contributed by atoms with E-state index in [9.17, 15) is 4.48 Å². The summed E-state index contributed by atoms with van der Waals surface area (Å²) in [5.41, 5.74) is 1.97. The first-order chi connectivity index (χ1) is 8.83. The van der Waals surface area contributed by atoms with Crippen LogP contribution in [0.2, 0.25) is 0 Å². The number of hydrogen-bond acceptors (Lipinski definition) is 3. The summed E-state index contributed by atoms with van der Waals surface area (Å²) in [6.07, 6.45) is 3.94. The Morgan fingerprint density at radius 2 is 2.11 bits per heavy atom. The van der Waals surface area contributed by atoms with E-state index in [1.165, 1.54) is 0 Å². The Morgan fingerprint density at radius 3 is 3.00 bits per heavy atom. The molecule has 0 spiro atoms. The van der Waals surface area contributed by atoms with Gasteiger partial charge in [0.15, 0.2) is 5.82 Å². The zero-order chi connectivity index (χ0) is 12.1. The molecule has 0 saturated carbocycles. The summed E-state index contributed by atoms with van der Waals surface area (Å²) in [5.74, 6) is 0.587. The van der Waals surface area contributed by atoms with Gasteiger partial charge in [-0.3, -0.25) is 0 Å². The molecule has 0 N–H and O–H groups in total. The average Bonchev–Trinajstić information content (AvgIpc) is 3.00. The topological polar surface area (TPSA) is 24.3 Å². The van der Waals surface area contributed by atoms with E-state index < -0.39 is 0 Å². The summed E-state index contributed by atoms with van der Waals surface area (Å²) in [4.78, 5) is 2.08. The van der Waals surface area contributed by atoms with E-state index in [0.29, 0.717) is 12.5 Å². The van der Waals surface area contributed by atoms with Crippen molar-refractivity contribution in [1.29, 1.82) is 0 Å². The predicted octanol–water partition coefficient (Wildman–Crippen LogP) is 2.42. The molecule has 0 unspecified atom stereocenters. The van der Waals surface area contributed by atoms with Crippen LogP contribution in [0.4, 0.5) is 4.48 Å². The maximum atomic E-state index is 14.0. The van der Waals surface area contributed by atoms with Crippen molar-refractivity contribution in [1.82, 2.24) is 19.8 Å². The highest BCUT2D eigenvalue weighted by Crippen LogP contribution is 2.35. The molecule has 4 nitrogen and oxygen atoms in total. The Labute approximate surface area is 104 Å². The number of aromatic nitrogens is 2. The highest BCUT2D eigenvalue weighted by molar-refractivity contribution is 5.79. The Kier molecular flexibility index (Phi) is 1.92. The van der Waals surface area contributed by atoms with Crippen molar-refractivity contribution < 1.29 is 4.48 Å². The van der Waals surface area contributed by atoms with Gasteiger partial charge in [0.25, 0.3) is 0 Å². The lowest BCUT2D eigenvalue weighted by molar-refractivity contribution is 0.0683. The van der Waals surface area contributed by atoms with Crippen molar-refractivity contribution in [3.05, 3.63) is 36.2 Å². The van der Waals surface area contributed by atoms with E-state index in [2.05, 4.69) is 10.00 Å². The highest BCUT2D eigenvalue weighted by Gasteiger charge is 2.34. The molecule has 5 heteroatoms. The number of nitrogens with zero attached hydrogens (tertiary/aromatic N) is 4. The van der Waals surface area contributed by atoms with Gasteiger partial charge in [-0.2, -0.15) is 10.2 Å². The molecular formula is C13H13FN4. The molecule has 0 atom stereocenters. The molecule has 2 aromatic rings. The normalized spacial score (nSPS) is 19.2. The van der Waals surface area contributed by atoms with E-state index >= 15 is 0 Å². The summed E-state index contributed by atoms with van der Waals surface area (Å²) in [5, 5.41) is 6.29. The third kappa shape index (κ3) is 1.27. The molecule has 0 radical (unpaired) electrons. The second-order valence-corrected chi connectivity index (χ2v) is 4.77. The van der Waals surface area contributed by atoms with Gasteiger partial charge >= 0.3 is 0 Å². The van der Waals surface area contributed by atoms with E-state index in [4.69, 9.17) is 0 Å². The molecule has 18 heavy (non-hydrogen) atoms. The zero-order valence-corrected chi connectivity index (χ0v) is 9.88. The first-order valence-electron chi connectivity index (χ1n) is 6.19. The Morgan fingerprint density at radius 1 is 1.22 bits per heavy atom. The number of rotatable bonds is 1. The molecule has 0 bridgehead atoms. The molecule has 92 valence electrons. The van der Waals surface area contributed by atoms with Gasteiger partial charge in [0.2, 0.25) is 0 Å². The van der Waals surface area contributed by atoms with Crippen molar-refractivity contribution in [3.8, 4) is 0 Å². The van der Waals surface area contributed by atoms with Crippen LogP contribution in [0, 0.1) is 0 Å². The Balaban J connectivity index is 1.89. The van der Waals surface area contributed by atoms with Crippen LogP contribution in [0.1, 0.15) is 12.8 Å². The number of allylic oxidation sites excluding steroid dienone is 1. The third-order valence-corrected chi connectivity index (χ3v) is 3.64. The largest absolute Gasteiger partial charge is 0.352 e. The molecule has 1 aromatic heterocycles. The van der Waals surface area contributed by atoms with Gasteiger partial charge in [-0.1, -0.05) is 22.7 Å². The summed E-state index contributed by atoms with van der Waals surface area (Å²) < 4.78 is 15.7. The molecule has 1 fully saturated rings. The molecule has 4 rings (SSSR count). The van der Waals surface area contributed by atoms with Crippen LogP contribution in [0.25, 0.3) is 16.7 Å². The lowest BCUT2D eigenvalue weighted by atomic mass is 10.3. The fraction of sp³-hybridized carbons (Fsp3) is 0.308. The van der Waals surface area contributed by atoms with E-state index in [-0.39, 0.29) is 0 Å². The molecule has 0 amide bonds. The summed E-state index contributed by atoms with van der Waals surface area (Å²) >= 11 is 0. The SMILES string of the molecule is FN1CN2CCCC2=C1n1cc2ccccc2n1. The van der Waals surface area contributed by atoms with Gasteiger partial charge in [-0.15, -0.1) is 0 Å². The fourth-order valence-corrected chi connectivity index (χ4v) is 2.81. The predicted molar refractivity (Wildman–Crippen MR) is 66.7 cm³/mol. The molecule has 1 aromatic carbocycles. The second kappa shape index (κ2) is 3.48. The van der Waals surface area contributed by atoms with E-state index in [0.717, 1.165) is 41.1 Å². The maximum absolute atomic E-state index is 14.0. The molecule has 2 aliphatic heterocycles. The maximum Gasteiger partial charge on any atom is 0.180 e. The lowest BCUT2D eigenvalue weighted by Gasteiger charge is -2.12. The quantitative estimate of drug-likeness (QED) is 0.720. The van der Waals surface area contributed by atoms with Gasteiger partial charge < -0.3 is 4.90 Å². The molecule has 0 aliphatic carbocycles. The number of halogens is 1. The van der Waals surface area contributed by atoms with Crippen LogP contribution >= 0.6 is 0 Å². The van der Waals surface area contributed by atoms with Crippen molar-refractivity contribution in [2.24, 2.45) is 0 Å². The first kappa shape index (κ1) is 9.94. The minimum Gasteiger partial charge on any atom is -0.352 e. The highest BCUT2D eigenvalue weighted by atomic mass is 19.2. The van der Waals surface area contributed by atoms with Crippen LogP contribution in [0.5, 0.6) is 0 Å².